The second-order valence-corrected chi connectivity index (χ2v) is 9.88. The van der Waals surface area contributed by atoms with Gasteiger partial charge in [0.05, 0.1) is 24.9 Å². The van der Waals surface area contributed by atoms with Crippen LogP contribution in [0.25, 0.3) is 0 Å². The van der Waals surface area contributed by atoms with Crippen LogP contribution >= 0.6 is 0 Å². The molecule has 0 radical (unpaired) electrons. The number of morpholine rings is 1. The summed E-state index contributed by atoms with van der Waals surface area (Å²) in [5, 5.41) is 12.7. The Hall–Kier alpha value is -4.05. The zero-order valence-corrected chi connectivity index (χ0v) is 20.1. The minimum atomic E-state index is -0.635. The van der Waals surface area contributed by atoms with Crippen LogP contribution in [0.15, 0.2) is 53.5 Å². The minimum Gasteiger partial charge on any atom is -0.502 e. The number of aromatic hydroxyl groups is 1. The summed E-state index contributed by atoms with van der Waals surface area (Å²) in [6.07, 6.45) is 0.943. The van der Waals surface area contributed by atoms with E-state index in [4.69, 9.17) is 9.47 Å². The number of aromatic nitrogens is 1. The maximum atomic E-state index is 14.9. The lowest BCUT2D eigenvalue weighted by atomic mass is 9.93. The van der Waals surface area contributed by atoms with E-state index in [1.165, 1.54) is 29.1 Å². The summed E-state index contributed by atoms with van der Waals surface area (Å²) in [5.41, 5.74) is 2.71. The fourth-order valence-corrected chi connectivity index (χ4v) is 6.07. The molecule has 4 aliphatic rings. The summed E-state index contributed by atoms with van der Waals surface area (Å²) in [4.78, 5) is 29.8. The first kappa shape index (κ1) is 22.2. The first-order chi connectivity index (χ1) is 17.9. The summed E-state index contributed by atoms with van der Waals surface area (Å²) in [5.74, 6) is -0.686. The van der Waals surface area contributed by atoms with Crippen molar-refractivity contribution in [1.29, 1.82) is 0 Å². The van der Waals surface area contributed by atoms with Crippen LogP contribution in [0.1, 0.15) is 40.1 Å². The number of hydrogen-bond acceptors (Lipinski definition) is 7. The average Bonchev–Trinajstić information content (AvgIpc) is 3.04. The van der Waals surface area contributed by atoms with Crippen molar-refractivity contribution in [2.75, 3.05) is 36.3 Å². The Balaban J connectivity index is 1.55. The molecular formula is C27H25FN4O5. The number of carbonyl (C=O) groups excluding carboxylic acids is 1. The van der Waals surface area contributed by atoms with Gasteiger partial charge in [0.15, 0.2) is 11.4 Å². The van der Waals surface area contributed by atoms with E-state index in [9.17, 15) is 19.1 Å². The Bertz CT molecular complexity index is 1510. The molecule has 10 heteroatoms. The van der Waals surface area contributed by atoms with E-state index in [-0.39, 0.29) is 24.2 Å². The molecule has 1 amide bonds. The molecule has 1 saturated heterocycles. The van der Waals surface area contributed by atoms with Crippen molar-refractivity contribution in [2.45, 2.75) is 31.7 Å². The monoisotopic (exact) mass is 504 g/mol. The third-order valence-corrected chi connectivity index (χ3v) is 7.81. The van der Waals surface area contributed by atoms with Crippen LogP contribution in [0.3, 0.4) is 0 Å². The maximum Gasteiger partial charge on any atom is 0.278 e. The van der Waals surface area contributed by atoms with Gasteiger partial charge in [-0.2, -0.15) is 0 Å². The van der Waals surface area contributed by atoms with Gasteiger partial charge in [-0.15, -0.1) is 0 Å². The van der Waals surface area contributed by atoms with Gasteiger partial charge in [-0.3, -0.25) is 19.3 Å². The van der Waals surface area contributed by atoms with Crippen LogP contribution < -0.4 is 20.1 Å². The third-order valence-electron chi connectivity index (χ3n) is 7.81. The summed E-state index contributed by atoms with van der Waals surface area (Å²) in [6, 6.07) is 11.4. The molecule has 9 nitrogen and oxygen atoms in total. The van der Waals surface area contributed by atoms with E-state index >= 15 is 0 Å². The molecule has 190 valence electrons. The number of halogens is 1. The number of amides is 1. The third kappa shape index (κ3) is 3.11. The molecule has 1 fully saturated rings. The van der Waals surface area contributed by atoms with Gasteiger partial charge in [0.1, 0.15) is 30.4 Å². The predicted molar refractivity (Wildman–Crippen MR) is 132 cm³/mol. The first-order valence-corrected chi connectivity index (χ1v) is 12.4. The highest BCUT2D eigenvalue weighted by molar-refractivity contribution is 5.96. The van der Waals surface area contributed by atoms with Gasteiger partial charge < -0.3 is 24.4 Å². The largest absolute Gasteiger partial charge is 0.502 e. The van der Waals surface area contributed by atoms with E-state index in [1.807, 2.05) is 23.2 Å². The molecule has 3 aromatic rings. The predicted octanol–water partition coefficient (Wildman–Crippen LogP) is 2.33. The number of hydrogen-bond donors (Lipinski definition) is 1. The topological polar surface area (TPSA) is 87.5 Å². The van der Waals surface area contributed by atoms with Crippen LogP contribution in [0.5, 0.6) is 11.5 Å². The first-order valence-electron chi connectivity index (χ1n) is 12.4. The maximum absolute atomic E-state index is 14.9. The van der Waals surface area contributed by atoms with Crippen LogP contribution in [0, 0.1) is 5.82 Å². The molecular weight excluding hydrogens is 479 g/mol. The summed E-state index contributed by atoms with van der Waals surface area (Å²) < 4.78 is 28.3. The number of para-hydroxylation sites is 1. The van der Waals surface area contributed by atoms with E-state index in [0.29, 0.717) is 26.3 Å². The number of nitrogens with zero attached hydrogens (tertiary/aromatic N) is 4. The van der Waals surface area contributed by atoms with E-state index in [2.05, 4.69) is 11.8 Å². The number of carbonyl (C=O) groups is 1. The van der Waals surface area contributed by atoms with Crippen molar-refractivity contribution in [1.82, 2.24) is 9.58 Å². The Labute approximate surface area is 211 Å². The lowest BCUT2D eigenvalue weighted by molar-refractivity contribution is -0.0197. The standard InChI is InChI=1S/C27H25FN4O5/c1-15-13-37-21-4-2-3-18-23(19-11-17(28)6-5-16(19)12-30(15)24(18)21)32-22-14-36-10-9-29(22)27(35)25-26(34)20(33)7-8-31(25)32/h2-8,11,15,22-23,34H,9-10,12-14H2,1H3/t15?,22-,23-/m1/s1. The highest BCUT2D eigenvalue weighted by Gasteiger charge is 2.47. The molecule has 1 unspecified atom stereocenters. The number of anilines is 1. The van der Waals surface area contributed by atoms with Gasteiger partial charge in [-0.1, -0.05) is 18.2 Å². The van der Waals surface area contributed by atoms with E-state index in [1.54, 1.807) is 11.0 Å². The highest BCUT2D eigenvalue weighted by Crippen LogP contribution is 2.48. The Kier molecular flexibility index (Phi) is 4.78. The highest BCUT2D eigenvalue weighted by atomic mass is 19.1. The molecule has 0 spiro atoms. The van der Waals surface area contributed by atoms with Gasteiger partial charge in [0, 0.05) is 30.9 Å². The summed E-state index contributed by atoms with van der Waals surface area (Å²) >= 11 is 0. The van der Waals surface area contributed by atoms with Gasteiger partial charge in [-0.25, -0.2) is 4.39 Å². The normalized spacial score (nSPS) is 23.9. The van der Waals surface area contributed by atoms with Crippen molar-refractivity contribution in [3.63, 3.8) is 0 Å². The Morgan fingerprint density at radius 3 is 2.78 bits per heavy atom. The molecule has 37 heavy (non-hydrogen) atoms. The molecule has 2 aromatic carbocycles. The zero-order chi connectivity index (χ0) is 25.4. The fraction of sp³-hybridized carbons (Fsp3) is 0.333. The second kappa shape index (κ2) is 7.97. The van der Waals surface area contributed by atoms with Crippen molar-refractivity contribution >= 4 is 11.6 Å². The van der Waals surface area contributed by atoms with Crippen LogP contribution in [-0.4, -0.2) is 59.2 Å². The van der Waals surface area contributed by atoms with Crippen LogP contribution in [0.2, 0.25) is 0 Å². The van der Waals surface area contributed by atoms with Crippen molar-refractivity contribution in [3.05, 3.63) is 87.1 Å². The molecule has 0 bridgehead atoms. The van der Waals surface area contributed by atoms with Gasteiger partial charge in [0.25, 0.3) is 5.91 Å². The molecule has 7 rings (SSSR count). The van der Waals surface area contributed by atoms with Gasteiger partial charge in [0.2, 0.25) is 5.43 Å². The number of ether oxygens (including phenoxy) is 2. The Morgan fingerprint density at radius 1 is 1.05 bits per heavy atom. The number of pyridine rings is 1. The van der Waals surface area contributed by atoms with Crippen molar-refractivity contribution < 1.29 is 23.8 Å². The van der Waals surface area contributed by atoms with E-state index in [0.717, 1.165) is 28.1 Å². The molecule has 1 N–H and O–H groups in total. The molecule has 0 saturated carbocycles. The van der Waals surface area contributed by atoms with Crippen LogP contribution in [-0.2, 0) is 11.3 Å². The fourth-order valence-electron chi connectivity index (χ4n) is 6.07. The SMILES string of the molecule is CC1COc2cccc3c2N1Cc1ccc(F)cc1[C@@H]3N1[C@@H]2COCCN2C(=O)c2c(O)c(=O)ccn21. The van der Waals surface area contributed by atoms with Gasteiger partial charge >= 0.3 is 0 Å². The zero-order valence-electron chi connectivity index (χ0n) is 20.1. The number of fused-ring (bicyclic) bond motifs is 3. The summed E-state index contributed by atoms with van der Waals surface area (Å²) in [7, 11) is 0. The van der Waals surface area contributed by atoms with Gasteiger partial charge in [-0.05, 0) is 36.2 Å². The Morgan fingerprint density at radius 2 is 1.92 bits per heavy atom. The average molecular weight is 505 g/mol. The van der Waals surface area contributed by atoms with Crippen LogP contribution in [0.4, 0.5) is 10.1 Å². The number of benzene rings is 2. The number of rotatable bonds is 1. The van der Waals surface area contributed by atoms with E-state index < -0.39 is 29.3 Å². The molecule has 3 atom stereocenters. The molecule has 5 heterocycles. The lowest BCUT2D eigenvalue weighted by Crippen LogP contribution is -2.66. The smallest absolute Gasteiger partial charge is 0.278 e. The van der Waals surface area contributed by atoms with Crippen molar-refractivity contribution in [3.8, 4) is 11.5 Å². The lowest BCUT2D eigenvalue weighted by Gasteiger charge is -2.51. The minimum absolute atomic E-state index is 0.0785. The van der Waals surface area contributed by atoms with Crippen molar-refractivity contribution in [2.24, 2.45) is 0 Å². The molecule has 1 aromatic heterocycles. The summed E-state index contributed by atoms with van der Waals surface area (Å²) in [6.45, 7) is 4.02. The second-order valence-electron chi connectivity index (χ2n) is 9.88. The molecule has 0 aliphatic carbocycles. The molecule has 4 aliphatic heterocycles. The quantitative estimate of drug-likeness (QED) is 0.544.